The van der Waals surface area contributed by atoms with Crippen molar-refractivity contribution in [1.82, 2.24) is 15.2 Å². The summed E-state index contributed by atoms with van der Waals surface area (Å²) in [5.74, 6) is 1.43. The van der Waals surface area contributed by atoms with Crippen molar-refractivity contribution in [3.63, 3.8) is 0 Å². The second kappa shape index (κ2) is 9.46. The van der Waals surface area contributed by atoms with Gasteiger partial charge in [0.15, 0.2) is 11.5 Å². The van der Waals surface area contributed by atoms with E-state index in [9.17, 15) is 4.79 Å². The number of carbonyl (C=O) groups excluding carboxylic acids is 1. The minimum atomic E-state index is -0.182. The van der Waals surface area contributed by atoms with Crippen LogP contribution in [0.25, 0.3) is 22.6 Å². The second-order valence-electron chi connectivity index (χ2n) is 8.67. The van der Waals surface area contributed by atoms with Crippen molar-refractivity contribution in [3.8, 4) is 11.5 Å². The zero-order chi connectivity index (χ0) is 24.5. The SMILES string of the molecule is COc1ccc(/C=C2\CCc3c2nc2ccccc2c3C(=O)Nc2nnc(C(C)C)s2)cc1OC. The van der Waals surface area contributed by atoms with Gasteiger partial charge in [-0.2, -0.15) is 0 Å². The molecule has 4 aromatic rings. The summed E-state index contributed by atoms with van der Waals surface area (Å²) in [5.41, 5.74) is 5.34. The van der Waals surface area contributed by atoms with Gasteiger partial charge in [0.05, 0.1) is 31.0 Å². The Labute approximate surface area is 207 Å². The monoisotopic (exact) mass is 486 g/mol. The number of para-hydroxylation sites is 1. The number of nitrogens with one attached hydrogen (secondary N) is 1. The fraction of sp³-hybridized carbons (Fsp3) is 0.259. The Bertz CT molecular complexity index is 1460. The van der Waals surface area contributed by atoms with E-state index < -0.39 is 0 Å². The number of hydrogen-bond donors (Lipinski definition) is 1. The molecule has 1 N–H and O–H groups in total. The maximum atomic E-state index is 13.5. The molecule has 0 aliphatic heterocycles. The van der Waals surface area contributed by atoms with Crippen molar-refractivity contribution in [1.29, 1.82) is 0 Å². The largest absolute Gasteiger partial charge is 0.493 e. The van der Waals surface area contributed by atoms with E-state index in [1.165, 1.54) is 11.3 Å². The van der Waals surface area contributed by atoms with Crippen LogP contribution in [0.5, 0.6) is 11.5 Å². The van der Waals surface area contributed by atoms with E-state index in [4.69, 9.17) is 14.5 Å². The number of pyridine rings is 1. The Morgan fingerprint density at radius 3 is 2.60 bits per heavy atom. The maximum absolute atomic E-state index is 13.5. The van der Waals surface area contributed by atoms with Gasteiger partial charge in [-0.3, -0.25) is 10.1 Å². The number of ether oxygens (including phenoxy) is 2. The Morgan fingerprint density at radius 1 is 1.06 bits per heavy atom. The molecule has 0 saturated carbocycles. The van der Waals surface area contributed by atoms with Crippen LogP contribution in [-0.2, 0) is 6.42 Å². The van der Waals surface area contributed by atoms with Gasteiger partial charge in [0, 0.05) is 11.3 Å². The van der Waals surface area contributed by atoms with Crippen LogP contribution in [0, 0.1) is 0 Å². The minimum absolute atomic E-state index is 0.182. The van der Waals surface area contributed by atoms with Gasteiger partial charge in [0.25, 0.3) is 5.91 Å². The Hall–Kier alpha value is -3.78. The molecule has 0 fully saturated rings. The van der Waals surface area contributed by atoms with Gasteiger partial charge in [-0.05, 0) is 53.8 Å². The van der Waals surface area contributed by atoms with E-state index in [1.807, 2.05) is 42.5 Å². The van der Waals surface area contributed by atoms with E-state index in [1.54, 1.807) is 14.2 Å². The van der Waals surface area contributed by atoms with Crippen LogP contribution in [0.1, 0.15) is 58.4 Å². The molecular weight excluding hydrogens is 460 g/mol. The summed E-state index contributed by atoms with van der Waals surface area (Å²) < 4.78 is 10.8. The smallest absolute Gasteiger partial charge is 0.258 e. The van der Waals surface area contributed by atoms with E-state index in [-0.39, 0.29) is 11.8 Å². The highest BCUT2D eigenvalue weighted by Gasteiger charge is 2.27. The Morgan fingerprint density at radius 2 is 1.86 bits per heavy atom. The molecule has 0 atom stereocenters. The van der Waals surface area contributed by atoms with Gasteiger partial charge < -0.3 is 9.47 Å². The summed E-state index contributed by atoms with van der Waals surface area (Å²) in [6.07, 6.45) is 3.64. The molecule has 0 radical (unpaired) electrons. The number of amides is 1. The number of methoxy groups -OCH3 is 2. The molecule has 1 amide bonds. The summed E-state index contributed by atoms with van der Waals surface area (Å²) in [6.45, 7) is 4.11. The molecule has 2 aromatic heterocycles. The Kier molecular flexibility index (Phi) is 6.21. The molecule has 1 aliphatic rings. The predicted octanol–water partition coefficient (Wildman–Crippen LogP) is 5.97. The topological polar surface area (TPSA) is 86.2 Å². The molecule has 0 spiro atoms. The normalized spacial score (nSPS) is 13.9. The average Bonchev–Trinajstić information content (AvgIpc) is 3.49. The van der Waals surface area contributed by atoms with Crippen molar-refractivity contribution in [2.45, 2.75) is 32.6 Å². The number of carbonyl (C=O) groups is 1. The fourth-order valence-corrected chi connectivity index (χ4v) is 5.10. The van der Waals surface area contributed by atoms with Gasteiger partial charge in [0.1, 0.15) is 5.01 Å². The van der Waals surface area contributed by atoms with E-state index >= 15 is 0 Å². The number of anilines is 1. The minimum Gasteiger partial charge on any atom is -0.493 e. The zero-order valence-corrected chi connectivity index (χ0v) is 20.9. The summed E-state index contributed by atoms with van der Waals surface area (Å²) >= 11 is 1.41. The second-order valence-corrected chi connectivity index (χ2v) is 9.68. The number of aromatic nitrogens is 3. The van der Waals surface area contributed by atoms with E-state index in [0.29, 0.717) is 22.2 Å². The van der Waals surface area contributed by atoms with Crippen molar-refractivity contribution >= 4 is 44.9 Å². The van der Waals surface area contributed by atoms with Crippen molar-refractivity contribution < 1.29 is 14.3 Å². The molecule has 0 bridgehead atoms. The van der Waals surface area contributed by atoms with Gasteiger partial charge in [-0.15, -0.1) is 10.2 Å². The van der Waals surface area contributed by atoms with Gasteiger partial charge in [-0.25, -0.2) is 4.98 Å². The van der Waals surface area contributed by atoms with E-state index in [0.717, 1.165) is 51.1 Å². The lowest BCUT2D eigenvalue weighted by molar-refractivity contribution is 0.102. The molecule has 7 nitrogen and oxygen atoms in total. The van der Waals surface area contributed by atoms with Crippen LogP contribution in [-0.4, -0.2) is 35.3 Å². The zero-order valence-electron chi connectivity index (χ0n) is 20.1. The number of benzene rings is 2. The van der Waals surface area contributed by atoms with Crippen LogP contribution in [0.4, 0.5) is 5.13 Å². The molecule has 1 aliphatic carbocycles. The third kappa shape index (κ3) is 4.37. The Balaban J connectivity index is 1.57. The number of fused-ring (bicyclic) bond motifs is 2. The van der Waals surface area contributed by atoms with Gasteiger partial charge >= 0.3 is 0 Å². The lowest BCUT2D eigenvalue weighted by atomic mass is 10.00. The summed E-state index contributed by atoms with van der Waals surface area (Å²) in [6, 6.07) is 13.6. The molecule has 0 unspecified atom stereocenters. The lowest BCUT2D eigenvalue weighted by Gasteiger charge is -2.12. The van der Waals surface area contributed by atoms with Crippen molar-refractivity contribution in [2.24, 2.45) is 0 Å². The van der Waals surface area contributed by atoms with Gasteiger partial charge in [-0.1, -0.05) is 49.4 Å². The van der Waals surface area contributed by atoms with Crippen molar-refractivity contribution in [3.05, 3.63) is 69.9 Å². The standard InChI is InChI=1S/C27H26N4O3S/c1-15(2)26-30-31-27(35-26)29-25(32)23-18-7-5-6-8-20(18)28-24-17(10-11-19(23)24)13-16-9-12-21(33-3)22(14-16)34-4/h5-9,12-15H,10-11H2,1-4H3,(H,29,31,32)/b17-13+. The van der Waals surface area contributed by atoms with Crippen LogP contribution >= 0.6 is 11.3 Å². The maximum Gasteiger partial charge on any atom is 0.258 e. The molecule has 2 aromatic carbocycles. The molecule has 8 heteroatoms. The molecule has 35 heavy (non-hydrogen) atoms. The summed E-state index contributed by atoms with van der Waals surface area (Å²) in [5, 5.41) is 13.6. The first-order valence-corrected chi connectivity index (χ1v) is 12.3. The first-order chi connectivity index (χ1) is 17.0. The molecule has 0 saturated heterocycles. The number of rotatable bonds is 6. The quantitative estimate of drug-likeness (QED) is 0.362. The van der Waals surface area contributed by atoms with E-state index in [2.05, 4.69) is 35.4 Å². The lowest BCUT2D eigenvalue weighted by Crippen LogP contribution is -2.15. The van der Waals surface area contributed by atoms with Crippen LogP contribution in [0.3, 0.4) is 0 Å². The highest BCUT2D eigenvalue weighted by atomic mass is 32.1. The number of allylic oxidation sites excluding steroid dienone is 1. The fourth-order valence-electron chi connectivity index (χ4n) is 4.36. The molecular formula is C27H26N4O3S. The van der Waals surface area contributed by atoms with Crippen LogP contribution < -0.4 is 14.8 Å². The molecule has 5 rings (SSSR count). The van der Waals surface area contributed by atoms with Gasteiger partial charge in [0.2, 0.25) is 5.13 Å². The highest BCUT2D eigenvalue weighted by molar-refractivity contribution is 7.15. The summed E-state index contributed by atoms with van der Waals surface area (Å²) in [4.78, 5) is 18.5. The first kappa shape index (κ1) is 23.0. The highest BCUT2D eigenvalue weighted by Crippen LogP contribution is 2.39. The van der Waals surface area contributed by atoms with Crippen LogP contribution in [0.15, 0.2) is 42.5 Å². The average molecular weight is 487 g/mol. The molecule has 178 valence electrons. The number of hydrogen-bond acceptors (Lipinski definition) is 7. The summed E-state index contributed by atoms with van der Waals surface area (Å²) in [7, 11) is 3.25. The number of nitrogens with zero attached hydrogens (tertiary/aromatic N) is 3. The molecule has 2 heterocycles. The van der Waals surface area contributed by atoms with Crippen LogP contribution in [0.2, 0.25) is 0 Å². The third-order valence-electron chi connectivity index (χ3n) is 6.07. The van der Waals surface area contributed by atoms with Crippen molar-refractivity contribution in [2.75, 3.05) is 19.5 Å². The third-order valence-corrected chi connectivity index (χ3v) is 7.21. The predicted molar refractivity (Wildman–Crippen MR) is 139 cm³/mol. The first-order valence-electron chi connectivity index (χ1n) is 11.5.